The lowest BCUT2D eigenvalue weighted by Crippen LogP contribution is -2.42. The molecule has 2 fully saturated rings. The summed E-state index contributed by atoms with van der Waals surface area (Å²) in [7, 11) is 0. The van der Waals surface area contributed by atoms with E-state index in [0.717, 1.165) is 60.6 Å². The number of carbonyl (C=O) groups excluding carboxylic acids is 1. The predicted molar refractivity (Wildman–Crippen MR) is 158 cm³/mol. The Hall–Kier alpha value is -2.97. The summed E-state index contributed by atoms with van der Waals surface area (Å²) >= 11 is 6.05. The lowest BCUT2D eigenvalue weighted by molar-refractivity contribution is -0.134. The Morgan fingerprint density at radius 2 is 1.80 bits per heavy atom. The number of hydrogen-bond acceptors (Lipinski definition) is 6. The van der Waals surface area contributed by atoms with Crippen molar-refractivity contribution in [2.45, 2.75) is 50.2 Å². The molecule has 1 aromatic heterocycles. The molecule has 2 saturated heterocycles. The number of rotatable bonds is 7. The maximum atomic E-state index is 13.0. The van der Waals surface area contributed by atoms with Crippen LogP contribution < -0.4 is 4.74 Å². The van der Waals surface area contributed by atoms with Crippen molar-refractivity contribution in [1.29, 1.82) is 0 Å². The zero-order valence-electron chi connectivity index (χ0n) is 23.4. The zero-order valence-corrected chi connectivity index (χ0v) is 24.2. The van der Waals surface area contributed by atoms with Gasteiger partial charge in [-0.3, -0.25) is 9.78 Å². The molecule has 0 saturated carbocycles. The Morgan fingerprint density at radius 1 is 1.02 bits per heavy atom. The van der Waals surface area contributed by atoms with E-state index in [9.17, 15) is 9.90 Å². The number of likely N-dealkylation sites (tertiary alicyclic amines) is 1. The number of hydrogen-bond donors (Lipinski definition) is 1. The summed E-state index contributed by atoms with van der Waals surface area (Å²) in [5, 5.41) is 12.0. The summed E-state index contributed by atoms with van der Waals surface area (Å²) in [6.45, 7) is 5.64. The molecule has 8 heteroatoms. The van der Waals surface area contributed by atoms with Crippen LogP contribution in [0, 0.1) is 0 Å². The van der Waals surface area contributed by atoms with Gasteiger partial charge in [-0.15, -0.1) is 0 Å². The second-order valence-corrected chi connectivity index (χ2v) is 11.9. The van der Waals surface area contributed by atoms with Gasteiger partial charge in [-0.05, 0) is 73.2 Å². The molecule has 1 unspecified atom stereocenters. The molecular weight excluding hydrogens is 538 g/mol. The van der Waals surface area contributed by atoms with Crippen LogP contribution in [0.25, 0.3) is 0 Å². The lowest BCUT2D eigenvalue weighted by atomic mass is 9.84. The molecule has 1 atom stereocenters. The molecular formula is C33H38ClN3O4. The average Bonchev–Trinajstić information content (AvgIpc) is 3.15. The molecule has 216 valence electrons. The van der Waals surface area contributed by atoms with Crippen molar-refractivity contribution < 1.29 is 19.4 Å². The van der Waals surface area contributed by atoms with Crippen molar-refractivity contribution in [1.82, 2.24) is 14.8 Å². The third kappa shape index (κ3) is 6.44. The van der Waals surface area contributed by atoms with Gasteiger partial charge >= 0.3 is 0 Å². The van der Waals surface area contributed by atoms with Gasteiger partial charge in [-0.25, -0.2) is 0 Å². The van der Waals surface area contributed by atoms with Crippen molar-refractivity contribution in [3.05, 3.63) is 93.8 Å². The summed E-state index contributed by atoms with van der Waals surface area (Å²) in [5.74, 6) is 1.16. The summed E-state index contributed by atoms with van der Waals surface area (Å²) in [6, 6.07) is 18.0. The molecule has 0 bridgehead atoms. The molecule has 0 aliphatic carbocycles. The highest BCUT2D eigenvalue weighted by atomic mass is 35.5. The van der Waals surface area contributed by atoms with Crippen molar-refractivity contribution in [2.24, 2.45) is 0 Å². The number of morpholine rings is 1. The summed E-state index contributed by atoms with van der Waals surface area (Å²) < 4.78 is 11.6. The largest absolute Gasteiger partial charge is 0.487 e. The van der Waals surface area contributed by atoms with Gasteiger partial charge in [0.1, 0.15) is 12.4 Å². The van der Waals surface area contributed by atoms with E-state index in [1.165, 1.54) is 5.56 Å². The van der Waals surface area contributed by atoms with Gasteiger partial charge in [0.25, 0.3) is 0 Å². The van der Waals surface area contributed by atoms with E-state index in [-0.39, 0.29) is 11.8 Å². The van der Waals surface area contributed by atoms with Gasteiger partial charge in [-0.1, -0.05) is 41.9 Å². The normalized spacial score (nSPS) is 20.4. The van der Waals surface area contributed by atoms with Gasteiger partial charge in [0.15, 0.2) is 0 Å². The van der Waals surface area contributed by atoms with E-state index in [0.29, 0.717) is 57.2 Å². The maximum absolute atomic E-state index is 13.0. The third-order valence-electron chi connectivity index (χ3n) is 8.87. The molecule has 3 aromatic rings. The molecule has 4 heterocycles. The Balaban J connectivity index is 1.13. The molecule has 41 heavy (non-hydrogen) atoms. The Morgan fingerprint density at radius 3 is 2.59 bits per heavy atom. The van der Waals surface area contributed by atoms with Gasteiger partial charge in [0.05, 0.1) is 30.9 Å². The van der Waals surface area contributed by atoms with Crippen LogP contribution in [0.4, 0.5) is 0 Å². The number of fused-ring (bicyclic) bond motifs is 2. The predicted octanol–water partition coefficient (Wildman–Crippen LogP) is 4.92. The van der Waals surface area contributed by atoms with Crippen LogP contribution in [-0.2, 0) is 28.2 Å². The quantitative estimate of drug-likeness (QED) is 0.431. The number of pyridine rings is 1. The highest BCUT2D eigenvalue weighted by Gasteiger charge is 2.34. The van der Waals surface area contributed by atoms with Crippen molar-refractivity contribution in [2.75, 3.05) is 45.9 Å². The molecule has 0 radical (unpaired) electrons. The van der Waals surface area contributed by atoms with Crippen LogP contribution in [0.1, 0.15) is 59.5 Å². The van der Waals surface area contributed by atoms with Gasteiger partial charge in [0.2, 0.25) is 5.91 Å². The third-order valence-corrected chi connectivity index (χ3v) is 9.12. The fraction of sp³-hybridized carbons (Fsp3) is 0.455. The maximum Gasteiger partial charge on any atom is 0.227 e. The SMILES string of the molecule is O=C(Cc1ccc2c(c1)C(CCCN1CCC(O)(c3ccc(Cl)cc3)CC1)c1cccnc1CO2)N1CCOCC1. The molecule has 1 amide bonds. The minimum Gasteiger partial charge on any atom is -0.487 e. The topological polar surface area (TPSA) is 75.1 Å². The molecule has 1 N–H and O–H groups in total. The Kier molecular flexibility index (Phi) is 8.58. The van der Waals surface area contributed by atoms with E-state index in [1.54, 1.807) is 0 Å². The van der Waals surface area contributed by atoms with Crippen LogP contribution >= 0.6 is 11.6 Å². The van der Waals surface area contributed by atoms with Crippen molar-refractivity contribution >= 4 is 17.5 Å². The van der Waals surface area contributed by atoms with Crippen LogP contribution in [0.3, 0.4) is 0 Å². The van der Waals surface area contributed by atoms with Crippen LogP contribution in [0.2, 0.25) is 5.02 Å². The number of aromatic nitrogens is 1. The Labute approximate surface area is 247 Å². The number of aliphatic hydroxyl groups is 1. The monoisotopic (exact) mass is 575 g/mol. The number of amides is 1. The minimum atomic E-state index is -0.793. The first kappa shape index (κ1) is 28.2. The first-order chi connectivity index (χ1) is 20.0. The number of piperidine rings is 1. The van der Waals surface area contributed by atoms with E-state index in [2.05, 4.69) is 22.0 Å². The fourth-order valence-corrected chi connectivity index (χ4v) is 6.56. The highest BCUT2D eigenvalue weighted by Crippen LogP contribution is 2.40. The molecule has 3 aliphatic heterocycles. The van der Waals surface area contributed by atoms with Gasteiger partial charge in [0, 0.05) is 48.9 Å². The van der Waals surface area contributed by atoms with Crippen LogP contribution in [0.15, 0.2) is 60.8 Å². The second kappa shape index (κ2) is 12.5. The van der Waals surface area contributed by atoms with E-state index in [1.807, 2.05) is 53.6 Å². The smallest absolute Gasteiger partial charge is 0.227 e. The van der Waals surface area contributed by atoms with E-state index < -0.39 is 5.60 Å². The zero-order chi connectivity index (χ0) is 28.2. The lowest BCUT2D eigenvalue weighted by Gasteiger charge is -2.38. The summed E-state index contributed by atoms with van der Waals surface area (Å²) in [5.41, 5.74) is 4.49. The number of nitrogens with zero attached hydrogens (tertiary/aromatic N) is 3. The van der Waals surface area contributed by atoms with Crippen LogP contribution in [0.5, 0.6) is 5.75 Å². The molecule has 3 aliphatic rings. The van der Waals surface area contributed by atoms with Crippen LogP contribution in [-0.4, -0.2) is 71.7 Å². The first-order valence-corrected chi connectivity index (χ1v) is 15.1. The van der Waals surface area contributed by atoms with Gasteiger partial charge < -0.3 is 24.4 Å². The number of carbonyl (C=O) groups is 1. The molecule has 6 rings (SSSR count). The standard InChI is InChI=1S/C33H38ClN3O4/c34-26-8-6-25(7-9-26)33(39)11-15-36(16-12-33)14-2-4-27-28-3-1-13-35-30(28)23-41-31-10-5-24(21-29(27)31)22-32(38)37-17-19-40-20-18-37/h1,3,5-10,13,21,27,39H,2,4,11-12,14-20,22-23H2. The highest BCUT2D eigenvalue weighted by molar-refractivity contribution is 6.30. The van der Waals surface area contributed by atoms with Gasteiger partial charge in [-0.2, -0.15) is 0 Å². The Bertz CT molecular complexity index is 1350. The number of benzene rings is 2. The molecule has 7 nitrogen and oxygen atoms in total. The average molecular weight is 576 g/mol. The fourth-order valence-electron chi connectivity index (χ4n) is 6.44. The van der Waals surface area contributed by atoms with Crippen molar-refractivity contribution in [3.8, 4) is 5.75 Å². The second-order valence-electron chi connectivity index (χ2n) is 11.4. The number of halogens is 1. The van der Waals surface area contributed by atoms with E-state index in [4.69, 9.17) is 21.1 Å². The number of ether oxygens (including phenoxy) is 2. The molecule has 2 aromatic carbocycles. The first-order valence-electron chi connectivity index (χ1n) is 14.7. The van der Waals surface area contributed by atoms with Crippen molar-refractivity contribution in [3.63, 3.8) is 0 Å². The van der Waals surface area contributed by atoms with E-state index >= 15 is 0 Å². The summed E-state index contributed by atoms with van der Waals surface area (Å²) in [6.07, 6.45) is 5.59. The molecule has 0 spiro atoms. The summed E-state index contributed by atoms with van der Waals surface area (Å²) in [4.78, 5) is 22.0. The minimum absolute atomic E-state index is 0.144.